The molecule has 0 amide bonds. The second-order valence-electron chi connectivity index (χ2n) is 20.9. The predicted molar refractivity (Wildman–Crippen MR) is 354 cm³/mol. The van der Waals surface area contributed by atoms with Gasteiger partial charge in [0.1, 0.15) is 0 Å². The van der Waals surface area contributed by atoms with Crippen molar-refractivity contribution in [2.45, 2.75) is 0 Å². The van der Waals surface area contributed by atoms with Gasteiger partial charge < -0.3 is 8.80 Å². The fourth-order valence-corrected chi connectivity index (χ4v) is 15.6. The van der Waals surface area contributed by atoms with Crippen LogP contribution < -0.4 is 0 Å². The van der Waals surface area contributed by atoms with Gasteiger partial charge in [-0.15, -0.1) is 22.7 Å². The maximum atomic E-state index is 9.08. The number of rotatable bonds is 6. The Kier molecular flexibility index (Phi) is 6.11. The maximum Gasteiger partial charge on any atom is 0.0635 e. The van der Waals surface area contributed by atoms with Crippen LogP contribution in [0.1, 0.15) is 27.4 Å². The van der Waals surface area contributed by atoms with E-state index in [1.807, 2.05) is 36.4 Å². The van der Waals surface area contributed by atoms with E-state index in [-0.39, 0.29) is 44.5 Å². The first-order chi connectivity index (χ1) is 48.9. The smallest absolute Gasteiger partial charge is 0.0635 e. The lowest BCUT2D eigenvalue weighted by atomic mass is 9.92. The molecule has 0 fully saturated rings. The number of nitrogens with zero attached hydrogens (tertiary/aromatic N) is 2. The predicted octanol–water partition coefficient (Wildman–Crippen LogP) is 22.7. The van der Waals surface area contributed by atoms with E-state index in [0.29, 0.717) is 22.3 Å². The summed E-state index contributed by atoms with van der Waals surface area (Å²) >= 11 is 3.38. The summed E-state index contributed by atoms with van der Waals surface area (Å²) in [6, 6.07) is 37.6. The minimum absolute atomic E-state index is 0.109. The van der Waals surface area contributed by atoms with Gasteiger partial charge in [0.15, 0.2) is 0 Å². The van der Waals surface area contributed by atoms with E-state index < -0.39 is 121 Å². The molecule has 0 aliphatic carbocycles. The van der Waals surface area contributed by atoms with Gasteiger partial charge in [0.2, 0.25) is 0 Å². The van der Waals surface area contributed by atoms with Crippen LogP contribution in [-0.2, 0) is 0 Å². The average molecular weight is 1090 g/mol. The Morgan fingerprint density at radius 2 is 0.585 bits per heavy atom. The number of hydrogen-bond donors (Lipinski definition) is 0. The van der Waals surface area contributed by atoms with Gasteiger partial charge in [-0.3, -0.25) is 0 Å². The zero-order chi connectivity index (χ0) is 70.7. The molecule has 0 saturated heterocycles. The Morgan fingerprint density at radius 3 is 0.951 bits per heavy atom. The van der Waals surface area contributed by atoms with E-state index in [9.17, 15) is 0 Å². The van der Waals surface area contributed by atoms with E-state index in [0.717, 1.165) is 117 Å². The summed E-state index contributed by atoms with van der Waals surface area (Å²) < 4.78 is 184. The first-order valence-electron chi connectivity index (χ1n) is 36.6. The van der Waals surface area contributed by atoms with Crippen LogP contribution in [0, 0.1) is 0 Å². The number of benzene rings is 13. The second-order valence-corrected chi connectivity index (χ2v) is 23.0. The first-order valence-corrected chi connectivity index (χ1v) is 28.2. The van der Waals surface area contributed by atoms with Crippen molar-refractivity contribution >= 4 is 139 Å². The molecule has 13 aromatic carbocycles. The SMILES string of the molecule is [2H]c1c([2H])c([2H])c(-c2cc(-c3ccc4c(c3)c3c5sc6ccccc6c5cc5c6cc7c(cc6n4c53)c3cc4c5ccccc5sc4c4c5cc(-c6cc(-c8c([2H])c([2H])c([2H])c([2H])c8[2H])cc(-c8c([2H])c([2H])c([2H])c([2H])c8[2H])c6)ccc5n7c34)cc(-c3c([2H])c([2H])c([2H])c([2H])c3[2H])c2)c([2H])c1[2H]. The van der Waals surface area contributed by atoms with Crippen molar-refractivity contribution in [2.24, 2.45) is 0 Å². The molecule has 0 atom stereocenters. The summed E-state index contributed by atoms with van der Waals surface area (Å²) in [4.78, 5) is 0. The Bertz CT molecular complexity index is 6430. The lowest BCUT2D eigenvalue weighted by Crippen LogP contribution is -1.87. The zero-order valence-electron chi connectivity index (χ0n) is 62.6. The van der Waals surface area contributed by atoms with Gasteiger partial charge in [-0.2, -0.15) is 0 Å². The van der Waals surface area contributed by atoms with Crippen LogP contribution in [0.4, 0.5) is 0 Å². The molecule has 2 nitrogen and oxygen atoms in total. The van der Waals surface area contributed by atoms with Crippen LogP contribution in [0.25, 0.3) is 183 Å². The standard InChI is InChI=1S/C78H44N2S2/c1-5-17-45(18-6-1)51-33-52(46-19-7-2-8-20-46)36-55(35-51)49-29-31-67-65(39-49)73-75-61(41-63-57-25-13-15-27-71(57)81-77(63)73)59-44-70-60(43-69(59)79(67)75)62-42-64-58-26-14-16-28-72(58)82-78(64)74-66-40-50(30-32-68(66)80(70)76(62)74)56-37-53(47-21-9-3-10-22-47)34-54(38-56)48-23-11-4-12-24-48/h1-44H/i1D,2D,3D,4D,5D,6D,7D,8D,9D,10D,11D,12D,17D,18D,19D,20D,21D,22D,23D,24D. The van der Waals surface area contributed by atoms with E-state index in [1.54, 1.807) is 46.9 Å². The number of hydrogen-bond acceptors (Lipinski definition) is 2. The van der Waals surface area contributed by atoms with E-state index in [4.69, 9.17) is 27.4 Å². The van der Waals surface area contributed by atoms with Crippen molar-refractivity contribution in [1.29, 1.82) is 0 Å². The van der Waals surface area contributed by atoms with Crippen LogP contribution in [0.3, 0.4) is 0 Å². The van der Waals surface area contributed by atoms with Gasteiger partial charge in [0.25, 0.3) is 0 Å². The Labute approximate surface area is 506 Å². The molecular formula is C78H44N2S2. The highest BCUT2D eigenvalue weighted by molar-refractivity contribution is 7.27. The molecular weight excluding hydrogens is 1030 g/mol. The fourth-order valence-electron chi connectivity index (χ4n) is 13.2. The minimum atomic E-state index is -0.571. The third-order valence-electron chi connectivity index (χ3n) is 16.6. The van der Waals surface area contributed by atoms with Crippen molar-refractivity contribution in [1.82, 2.24) is 8.80 Å². The molecule has 0 unspecified atom stereocenters. The maximum absolute atomic E-state index is 9.08. The van der Waals surface area contributed by atoms with Gasteiger partial charge in [-0.25, -0.2) is 0 Å². The normalized spacial score (nSPS) is 15.8. The van der Waals surface area contributed by atoms with Gasteiger partial charge in [-0.1, -0.05) is 169 Å². The molecule has 19 rings (SSSR count). The summed E-state index contributed by atoms with van der Waals surface area (Å²) in [6.07, 6.45) is 0. The topological polar surface area (TPSA) is 8.82 Å². The molecule has 0 N–H and O–H groups in total. The highest BCUT2D eigenvalue weighted by Gasteiger charge is 2.27. The summed E-state index contributed by atoms with van der Waals surface area (Å²) in [5, 5.41) is 12.0. The van der Waals surface area contributed by atoms with Crippen LogP contribution in [0.15, 0.2) is 266 Å². The van der Waals surface area contributed by atoms with Crippen molar-refractivity contribution in [3.8, 4) is 66.8 Å². The van der Waals surface area contributed by atoms with Crippen molar-refractivity contribution in [3.63, 3.8) is 0 Å². The van der Waals surface area contributed by atoms with E-state index in [2.05, 4.69) is 81.6 Å². The summed E-state index contributed by atoms with van der Waals surface area (Å²) in [6.45, 7) is 0. The monoisotopic (exact) mass is 1090 g/mol. The molecule has 0 spiro atoms. The molecule has 0 radical (unpaired) electrons. The summed E-state index contributed by atoms with van der Waals surface area (Å²) in [5.74, 6) is 0. The quantitative estimate of drug-likeness (QED) is 0.157. The molecule has 0 aliphatic heterocycles. The molecule has 6 aromatic heterocycles. The third kappa shape index (κ3) is 6.28. The van der Waals surface area contributed by atoms with Crippen LogP contribution >= 0.6 is 22.7 Å². The number of thiophene rings is 2. The molecule has 0 saturated carbocycles. The molecule has 6 heterocycles. The van der Waals surface area contributed by atoms with Crippen molar-refractivity contribution in [2.75, 3.05) is 0 Å². The van der Waals surface area contributed by atoms with Gasteiger partial charge in [0.05, 0.1) is 60.5 Å². The zero-order valence-corrected chi connectivity index (χ0v) is 44.2. The third-order valence-corrected chi connectivity index (χ3v) is 19.0. The number of aromatic nitrogens is 2. The lowest BCUT2D eigenvalue weighted by molar-refractivity contribution is 1.36. The Balaban J connectivity index is 0.885. The van der Waals surface area contributed by atoms with Gasteiger partial charge in [0, 0.05) is 83.4 Å². The van der Waals surface area contributed by atoms with Crippen molar-refractivity contribution < 1.29 is 27.4 Å². The summed E-state index contributed by atoms with van der Waals surface area (Å²) in [5.41, 5.74) is 8.27. The van der Waals surface area contributed by atoms with Gasteiger partial charge >= 0.3 is 0 Å². The fraction of sp³-hybridized carbons (Fsp3) is 0. The van der Waals surface area contributed by atoms with Crippen LogP contribution in [0.2, 0.25) is 0 Å². The molecule has 4 heteroatoms. The Hall–Kier alpha value is -10.1. The van der Waals surface area contributed by atoms with Crippen LogP contribution in [0.5, 0.6) is 0 Å². The molecule has 378 valence electrons. The average Bonchev–Trinajstić information content (AvgIpc) is 1.50. The largest absolute Gasteiger partial charge is 0.308 e. The molecule has 0 bridgehead atoms. The number of fused-ring (bicyclic) bond motifs is 20. The minimum Gasteiger partial charge on any atom is -0.308 e. The second kappa shape index (κ2) is 16.7. The van der Waals surface area contributed by atoms with Crippen LogP contribution in [-0.4, -0.2) is 8.80 Å². The van der Waals surface area contributed by atoms with Gasteiger partial charge in [-0.05, 0) is 164 Å². The summed E-state index contributed by atoms with van der Waals surface area (Å²) in [7, 11) is 0. The highest BCUT2D eigenvalue weighted by atomic mass is 32.1. The lowest BCUT2D eigenvalue weighted by Gasteiger charge is -2.12. The highest BCUT2D eigenvalue weighted by Crippen LogP contribution is 2.53. The van der Waals surface area contributed by atoms with Crippen molar-refractivity contribution in [3.05, 3.63) is 266 Å². The molecule has 0 aliphatic rings. The Morgan fingerprint density at radius 1 is 0.244 bits per heavy atom. The molecule has 82 heavy (non-hydrogen) atoms. The first kappa shape index (κ1) is 29.9. The van der Waals surface area contributed by atoms with E-state index in [1.165, 1.54) is 12.1 Å². The molecule has 19 aromatic rings. The van der Waals surface area contributed by atoms with E-state index >= 15 is 0 Å².